The van der Waals surface area contributed by atoms with E-state index >= 15 is 0 Å². The number of carbonyl (C=O) groups is 2. The van der Waals surface area contributed by atoms with Crippen molar-refractivity contribution in [2.24, 2.45) is 0 Å². The van der Waals surface area contributed by atoms with Crippen LogP contribution in [0.5, 0.6) is 0 Å². The molecule has 0 saturated heterocycles. The Bertz CT molecular complexity index is 128. The average Bonchev–Trinajstić information content (AvgIpc) is 1.58. The summed E-state index contributed by atoms with van der Waals surface area (Å²) in [5.41, 5.74) is 0. The Morgan fingerprint density at radius 3 is 2.40 bits per heavy atom. The Kier molecular flexibility index (Phi) is 4.11. The molecule has 0 bridgehead atoms. The van der Waals surface area contributed by atoms with Crippen molar-refractivity contribution in [2.45, 2.75) is 25.5 Å². The highest BCUT2D eigenvalue weighted by molar-refractivity contribution is 8.14. The highest BCUT2D eigenvalue weighted by atomic mass is 32.2. The van der Waals surface area contributed by atoms with E-state index in [1.165, 1.54) is 6.92 Å². The molecule has 0 radical (unpaired) electrons. The Hall–Kier alpha value is -0.510. The average molecular weight is 162 g/mol. The predicted octanol–water partition coefficient (Wildman–Crippen LogP) is 1.13. The SMILES string of the molecule is CC(=O)S[C@H](C)CC(=O)O. The molecule has 0 aromatic carbocycles. The zero-order valence-electron chi connectivity index (χ0n) is 5.96. The molecule has 0 aliphatic rings. The molecule has 0 aromatic heterocycles. The van der Waals surface area contributed by atoms with Crippen molar-refractivity contribution in [1.29, 1.82) is 0 Å². The van der Waals surface area contributed by atoms with Crippen LogP contribution >= 0.6 is 11.8 Å². The number of carboxylic acid groups (broad SMARTS) is 1. The quantitative estimate of drug-likeness (QED) is 0.675. The lowest BCUT2D eigenvalue weighted by molar-refractivity contribution is -0.136. The van der Waals surface area contributed by atoms with Gasteiger partial charge in [0.25, 0.3) is 0 Å². The third-order valence-corrected chi connectivity index (χ3v) is 1.73. The second-order valence-electron chi connectivity index (χ2n) is 2.02. The van der Waals surface area contributed by atoms with Crippen molar-refractivity contribution in [3.05, 3.63) is 0 Å². The normalized spacial score (nSPS) is 12.6. The lowest BCUT2D eigenvalue weighted by Crippen LogP contribution is -2.07. The number of hydrogen-bond acceptors (Lipinski definition) is 3. The number of hydrogen-bond donors (Lipinski definition) is 1. The summed E-state index contributed by atoms with van der Waals surface area (Å²) in [6.07, 6.45) is 0.0459. The van der Waals surface area contributed by atoms with Crippen molar-refractivity contribution in [3.63, 3.8) is 0 Å². The van der Waals surface area contributed by atoms with Crippen LogP contribution in [0.25, 0.3) is 0 Å². The molecular formula is C6H10O3S. The van der Waals surface area contributed by atoms with E-state index in [2.05, 4.69) is 0 Å². The Morgan fingerprint density at radius 2 is 2.10 bits per heavy atom. The van der Waals surface area contributed by atoms with E-state index in [1.54, 1.807) is 6.92 Å². The zero-order chi connectivity index (χ0) is 8.15. The zero-order valence-corrected chi connectivity index (χ0v) is 6.77. The largest absolute Gasteiger partial charge is 0.481 e. The van der Waals surface area contributed by atoms with Crippen molar-refractivity contribution in [2.75, 3.05) is 0 Å². The summed E-state index contributed by atoms with van der Waals surface area (Å²) in [6.45, 7) is 3.16. The van der Waals surface area contributed by atoms with E-state index in [1.807, 2.05) is 0 Å². The lowest BCUT2D eigenvalue weighted by atomic mass is 10.3. The highest BCUT2D eigenvalue weighted by Gasteiger charge is 2.09. The van der Waals surface area contributed by atoms with Gasteiger partial charge in [-0.25, -0.2) is 0 Å². The van der Waals surface area contributed by atoms with Gasteiger partial charge in [0.15, 0.2) is 5.12 Å². The summed E-state index contributed by atoms with van der Waals surface area (Å²) in [5, 5.41) is 8.12. The van der Waals surface area contributed by atoms with Gasteiger partial charge in [-0.05, 0) is 0 Å². The van der Waals surface area contributed by atoms with Crippen LogP contribution in [0.3, 0.4) is 0 Å². The number of carbonyl (C=O) groups excluding carboxylic acids is 1. The van der Waals surface area contributed by atoms with Crippen molar-refractivity contribution in [1.82, 2.24) is 0 Å². The molecule has 0 aromatic rings. The fourth-order valence-corrected chi connectivity index (χ4v) is 1.36. The van der Waals surface area contributed by atoms with E-state index in [-0.39, 0.29) is 16.8 Å². The minimum absolute atomic E-state index is 0.0336. The molecule has 0 unspecified atom stereocenters. The highest BCUT2D eigenvalue weighted by Crippen LogP contribution is 2.13. The van der Waals surface area contributed by atoms with Gasteiger partial charge in [0, 0.05) is 12.2 Å². The molecule has 1 atom stereocenters. The number of rotatable bonds is 3. The van der Waals surface area contributed by atoms with Crippen molar-refractivity contribution in [3.8, 4) is 0 Å². The molecule has 0 heterocycles. The van der Waals surface area contributed by atoms with E-state index in [0.29, 0.717) is 0 Å². The fourth-order valence-electron chi connectivity index (χ4n) is 0.571. The Morgan fingerprint density at radius 1 is 1.60 bits per heavy atom. The smallest absolute Gasteiger partial charge is 0.304 e. The Balaban J connectivity index is 3.53. The first-order valence-corrected chi connectivity index (χ1v) is 3.79. The van der Waals surface area contributed by atoms with Gasteiger partial charge in [0.05, 0.1) is 6.42 Å². The molecule has 4 heteroatoms. The second kappa shape index (κ2) is 4.33. The van der Waals surface area contributed by atoms with E-state index in [4.69, 9.17) is 5.11 Å². The van der Waals surface area contributed by atoms with Crippen LogP contribution in [-0.4, -0.2) is 21.4 Å². The topological polar surface area (TPSA) is 54.4 Å². The monoisotopic (exact) mass is 162 g/mol. The van der Waals surface area contributed by atoms with Gasteiger partial charge >= 0.3 is 5.97 Å². The Labute approximate surface area is 63.8 Å². The standard InChI is InChI=1S/C6H10O3S/c1-4(3-6(8)9)10-5(2)7/h4H,3H2,1-2H3,(H,8,9)/t4-/m1/s1. The van der Waals surface area contributed by atoms with Gasteiger partial charge in [0.1, 0.15) is 0 Å². The molecule has 0 aliphatic carbocycles. The molecule has 0 spiro atoms. The van der Waals surface area contributed by atoms with E-state index in [0.717, 1.165) is 11.8 Å². The van der Waals surface area contributed by atoms with Gasteiger partial charge in [0.2, 0.25) is 0 Å². The number of aliphatic carboxylic acids is 1. The lowest BCUT2D eigenvalue weighted by Gasteiger charge is -2.02. The first-order valence-electron chi connectivity index (χ1n) is 2.91. The van der Waals surface area contributed by atoms with Crippen LogP contribution in [0.15, 0.2) is 0 Å². The van der Waals surface area contributed by atoms with Crippen molar-refractivity contribution < 1.29 is 14.7 Å². The van der Waals surface area contributed by atoms with Crippen LogP contribution in [0.4, 0.5) is 0 Å². The summed E-state index contributed by atoms with van der Waals surface area (Å²) in [7, 11) is 0. The minimum atomic E-state index is -0.860. The van der Waals surface area contributed by atoms with Crippen LogP contribution in [0.2, 0.25) is 0 Å². The van der Waals surface area contributed by atoms with Crippen LogP contribution < -0.4 is 0 Å². The molecule has 0 aliphatic heterocycles. The van der Waals surface area contributed by atoms with Gasteiger partial charge < -0.3 is 5.11 Å². The summed E-state index contributed by atoms with van der Waals surface area (Å²) < 4.78 is 0. The van der Waals surface area contributed by atoms with Gasteiger partial charge in [-0.1, -0.05) is 18.7 Å². The second-order valence-corrected chi connectivity index (χ2v) is 3.63. The summed E-state index contributed by atoms with van der Waals surface area (Å²) in [6, 6.07) is 0. The molecule has 3 nitrogen and oxygen atoms in total. The molecule has 58 valence electrons. The molecular weight excluding hydrogens is 152 g/mol. The first-order chi connectivity index (χ1) is 4.52. The van der Waals surface area contributed by atoms with E-state index in [9.17, 15) is 9.59 Å². The first kappa shape index (κ1) is 9.49. The minimum Gasteiger partial charge on any atom is -0.481 e. The number of carboxylic acids is 1. The molecule has 0 rings (SSSR count). The predicted molar refractivity (Wildman–Crippen MR) is 40.0 cm³/mol. The van der Waals surface area contributed by atoms with Crippen LogP contribution in [0.1, 0.15) is 20.3 Å². The fraction of sp³-hybridized carbons (Fsp3) is 0.667. The summed E-state index contributed by atoms with van der Waals surface area (Å²) >= 11 is 1.06. The maximum atomic E-state index is 10.4. The molecule has 0 saturated carbocycles. The van der Waals surface area contributed by atoms with Crippen LogP contribution in [0, 0.1) is 0 Å². The van der Waals surface area contributed by atoms with E-state index < -0.39 is 5.97 Å². The molecule has 0 fully saturated rings. The molecule has 10 heavy (non-hydrogen) atoms. The summed E-state index contributed by atoms with van der Waals surface area (Å²) in [5.74, 6) is -0.860. The molecule has 0 amide bonds. The van der Waals surface area contributed by atoms with Gasteiger partial charge in [-0.3, -0.25) is 9.59 Å². The molecule has 1 N–H and O–H groups in total. The third kappa shape index (κ3) is 5.62. The summed E-state index contributed by atoms with van der Waals surface area (Å²) in [4.78, 5) is 20.5. The third-order valence-electron chi connectivity index (χ3n) is 0.829. The maximum Gasteiger partial charge on any atom is 0.304 e. The van der Waals surface area contributed by atoms with Gasteiger partial charge in [-0.2, -0.15) is 0 Å². The van der Waals surface area contributed by atoms with Crippen molar-refractivity contribution >= 4 is 22.8 Å². The maximum absolute atomic E-state index is 10.4. The van der Waals surface area contributed by atoms with Gasteiger partial charge in [-0.15, -0.1) is 0 Å². The number of thioether (sulfide) groups is 1. The van der Waals surface area contributed by atoms with Crippen LogP contribution in [-0.2, 0) is 9.59 Å².